The molecule has 2 aromatic rings. The first-order valence-corrected chi connectivity index (χ1v) is 6.24. The third-order valence-electron chi connectivity index (χ3n) is 2.85. The van der Waals surface area contributed by atoms with Gasteiger partial charge in [-0.15, -0.1) is 0 Å². The van der Waals surface area contributed by atoms with Crippen LogP contribution < -0.4 is 15.8 Å². The number of nitrogen functional groups attached to an aromatic ring is 1. The molecular weight excluding hydrogens is 274 g/mol. The van der Waals surface area contributed by atoms with Crippen LogP contribution in [0.3, 0.4) is 0 Å². The summed E-state index contributed by atoms with van der Waals surface area (Å²) in [6.07, 6.45) is 1.78. The van der Waals surface area contributed by atoms with E-state index in [9.17, 15) is 10.1 Å². The van der Waals surface area contributed by atoms with Crippen molar-refractivity contribution in [2.75, 3.05) is 24.7 Å². The zero-order valence-electron chi connectivity index (χ0n) is 11.4. The number of ether oxygens (including phenoxy) is 1. The molecule has 8 heteroatoms. The van der Waals surface area contributed by atoms with Gasteiger partial charge in [0, 0.05) is 6.54 Å². The van der Waals surface area contributed by atoms with E-state index in [1.807, 2.05) is 24.3 Å². The predicted octanol–water partition coefficient (Wildman–Crippen LogP) is 1.63. The highest BCUT2D eigenvalue weighted by Crippen LogP contribution is 2.21. The molecule has 0 aliphatic rings. The highest BCUT2D eigenvalue weighted by molar-refractivity contribution is 5.56. The van der Waals surface area contributed by atoms with Crippen molar-refractivity contribution in [1.29, 1.82) is 0 Å². The number of nitro groups is 1. The third-order valence-corrected chi connectivity index (χ3v) is 2.85. The summed E-state index contributed by atoms with van der Waals surface area (Å²) in [5.74, 6) is 0.902. The van der Waals surface area contributed by atoms with Crippen molar-refractivity contribution in [3.63, 3.8) is 0 Å². The maximum Gasteiger partial charge on any atom is 0.329 e. The Labute approximate surface area is 121 Å². The van der Waals surface area contributed by atoms with Gasteiger partial charge in [-0.05, 0) is 24.1 Å². The van der Waals surface area contributed by atoms with Gasteiger partial charge < -0.3 is 15.8 Å². The van der Waals surface area contributed by atoms with Crippen LogP contribution in [0.15, 0.2) is 30.5 Å². The molecule has 1 aromatic heterocycles. The van der Waals surface area contributed by atoms with Crippen molar-refractivity contribution in [1.82, 2.24) is 9.97 Å². The molecule has 0 fully saturated rings. The first-order valence-electron chi connectivity index (χ1n) is 6.24. The number of anilines is 2. The molecule has 1 aromatic carbocycles. The summed E-state index contributed by atoms with van der Waals surface area (Å²) in [5, 5.41) is 13.8. The van der Waals surface area contributed by atoms with E-state index in [-0.39, 0.29) is 17.5 Å². The van der Waals surface area contributed by atoms with E-state index in [4.69, 9.17) is 10.5 Å². The molecule has 110 valence electrons. The summed E-state index contributed by atoms with van der Waals surface area (Å²) in [6, 6.07) is 7.59. The summed E-state index contributed by atoms with van der Waals surface area (Å²) in [4.78, 5) is 17.8. The third kappa shape index (κ3) is 3.78. The molecule has 0 saturated carbocycles. The molecule has 0 atom stereocenters. The Morgan fingerprint density at radius 2 is 2.10 bits per heavy atom. The molecule has 0 aliphatic carbocycles. The van der Waals surface area contributed by atoms with Gasteiger partial charge in [0.1, 0.15) is 11.9 Å². The van der Waals surface area contributed by atoms with Gasteiger partial charge in [0.15, 0.2) is 0 Å². The van der Waals surface area contributed by atoms with Crippen molar-refractivity contribution in [2.24, 2.45) is 0 Å². The van der Waals surface area contributed by atoms with Crippen LogP contribution in [0.4, 0.5) is 17.5 Å². The number of methoxy groups -OCH3 is 1. The Morgan fingerprint density at radius 1 is 1.38 bits per heavy atom. The Bertz CT molecular complexity index is 630. The van der Waals surface area contributed by atoms with E-state index in [1.54, 1.807) is 7.11 Å². The quantitative estimate of drug-likeness (QED) is 0.613. The van der Waals surface area contributed by atoms with Crippen LogP contribution in [0.5, 0.6) is 5.75 Å². The second kappa shape index (κ2) is 6.51. The minimum Gasteiger partial charge on any atom is -0.497 e. The van der Waals surface area contributed by atoms with Crippen molar-refractivity contribution in [2.45, 2.75) is 6.42 Å². The molecule has 0 saturated heterocycles. The SMILES string of the molecule is COc1ccc(CCNc2nc(N)ncc2[N+](=O)[O-])cc1. The maximum absolute atomic E-state index is 10.9. The van der Waals surface area contributed by atoms with Gasteiger partial charge in [0.25, 0.3) is 0 Å². The van der Waals surface area contributed by atoms with Crippen LogP contribution in [0, 0.1) is 10.1 Å². The number of nitrogens with zero attached hydrogens (tertiary/aromatic N) is 3. The topological polar surface area (TPSA) is 116 Å². The van der Waals surface area contributed by atoms with E-state index in [2.05, 4.69) is 15.3 Å². The lowest BCUT2D eigenvalue weighted by atomic mass is 10.1. The monoisotopic (exact) mass is 289 g/mol. The fraction of sp³-hybridized carbons (Fsp3) is 0.231. The number of hydrogen-bond donors (Lipinski definition) is 2. The molecular formula is C13H15N5O3. The lowest BCUT2D eigenvalue weighted by Crippen LogP contribution is -2.10. The van der Waals surface area contributed by atoms with Crippen LogP contribution in [0.2, 0.25) is 0 Å². The van der Waals surface area contributed by atoms with E-state index in [1.165, 1.54) is 0 Å². The van der Waals surface area contributed by atoms with Gasteiger partial charge in [0.05, 0.1) is 12.0 Å². The molecule has 0 amide bonds. The molecule has 2 rings (SSSR count). The van der Waals surface area contributed by atoms with Gasteiger partial charge in [-0.2, -0.15) is 4.98 Å². The molecule has 0 spiro atoms. The van der Waals surface area contributed by atoms with Crippen LogP contribution in [-0.2, 0) is 6.42 Å². The van der Waals surface area contributed by atoms with Crippen LogP contribution in [0.1, 0.15) is 5.56 Å². The summed E-state index contributed by atoms with van der Waals surface area (Å²) in [7, 11) is 1.61. The molecule has 21 heavy (non-hydrogen) atoms. The van der Waals surface area contributed by atoms with Gasteiger partial charge in [-0.1, -0.05) is 12.1 Å². The van der Waals surface area contributed by atoms with E-state index in [0.29, 0.717) is 13.0 Å². The second-order valence-corrected chi connectivity index (χ2v) is 4.24. The van der Waals surface area contributed by atoms with Crippen molar-refractivity contribution in [3.8, 4) is 5.75 Å². The minimum absolute atomic E-state index is 0.00690. The Balaban J connectivity index is 1.99. The van der Waals surface area contributed by atoms with E-state index >= 15 is 0 Å². The smallest absolute Gasteiger partial charge is 0.329 e. The first-order chi connectivity index (χ1) is 10.1. The van der Waals surface area contributed by atoms with Crippen LogP contribution in [-0.4, -0.2) is 28.5 Å². The number of aromatic nitrogens is 2. The van der Waals surface area contributed by atoms with E-state index in [0.717, 1.165) is 17.5 Å². The number of hydrogen-bond acceptors (Lipinski definition) is 7. The molecule has 1 heterocycles. The zero-order chi connectivity index (χ0) is 15.2. The molecule has 8 nitrogen and oxygen atoms in total. The Hall–Kier alpha value is -2.90. The van der Waals surface area contributed by atoms with Crippen molar-refractivity contribution < 1.29 is 9.66 Å². The molecule has 0 unspecified atom stereocenters. The molecule has 0 radical (unpaired) electrons. The highest BCUT2D eigenvalue weighted by Gasteiger charge is 2.15. The fourth-order valence-corrected chi connectivity index (χ4v) is 1.77. The summed E-state index contributed by atoms with van der Waals surface area (Å²) in [6.45, 7) is 0.490. The van der Waals surface area contributed by atoms with Gasteiger partial charge in [-0.3, -0.25) is 10.1 Å². The lowest BCUT2D eigenvalue weighted by Gasteiger charge is -2.07. The van der Waals surface area contributed by atoms with Crippen LogP contribution in [0.25, 0.3) is 0 Å². The average Bonchev–Trinajstić information content (AvgIpc) is 2.48. The van der Waals surface area contributed by atoms with Gasteiger partial charge >= 0.3 is 5.69 Å². The Morgan fingerprint density at radius 3 is 2.71 bits per heavy atom. The maximum atomic E-state index is 10.9. The molecule has 0 bridgehead atoms. The number of rotatable bonds is 6. The largest absolute Gasteiger partial charge is 0.497 e. The van der Waals surface area contributed by atoms with E-state index < -0.39 is 4.92 Å². The summed E-state index contributed by atoms with van der Waals surface area (Å²) >= 11 is 0. The molecule has 0 aliphatic heterocycles. The van der Waals surface area contributed by atoms with Crippen molar-refractivity contribution in [3.05, 3.63) is 46.1 Å². The standard InChI is InChI=1S/C13H15N5O3/c1-21-10-4-2-9(3-5-10)6-7-15-12-11(18(19)20)8-16-13(14)17-12/h2-5,8H,6-7H2,1H3,(H3,14,15,16,17). The normalized spacial score (nSPS) is 10.1. The Kier molecular flexibility index (Phi) is 4.50. The fourth-order valence-electron chi connectivity index (χ4n) is 1.77. The van der Waals surface area contributed by atoms with Gasteiger partial charge in [-0.25, -0.2) is 4.98 Å². The summed E-state index contributed by atoms with van der Waals surface area (Å²) in [5.41, 5.74) is 6.33. The number of nitrogens with two attached hydrogens (primary N) is 1. The minimum atomic E-state index is -0.546. The predicted molar refractivity (Wildman–Crippen MR) is 78.3 cm³/mol. The second-order valence-electron chi connectivity index (χ2n) is 4.24. The van der Waals surface area contributed by atoms with Crippen molar-refractivity contribution >= 4 is 17.5 Å². The van der Waals surface area contributed by atoms with Gasteiger partial charge in [0.2, 0.25) is 11.8 Å². The zero-order valence-corrected chi connectivity index (χ0v) is 11.4. The van der Waals surface area contributed by atoms with Crippen LogP contribution >= 0.6 is 0 Å². The number of benzene rings is 1. The average molecular weight is 289 g/mol. The first kappa shape index (κ1) is 14.5. The molecule has 3 N–H and O–H groups in total. The lowest BCUT2D eigenvalue weighted by molar-refractivity contribution is -0.384. The number of nitrogens with one attached hydrogen (secondary N) is 1. The summed E-state index contributed by atoms with van der Waals surface area (Å²) < 4.78 is 5.08. The highest BCUT2D eigenvalue weighted by atomic mass is 16.6.